The zero-order valence-corrected chi connectivity index (χ0v) is 14.5. The molecule has 0 amide bonds. The Balaban J connectivity index is 1.36. The minimum Gasteiger partial charge on any atom is -0.378 e. The molecule has 1 N–H and O–H groups in total. The summed E-state index contributed by atoms with van der Waals surface area (Å²) in [6.07, 6.45) is 3.90. The second-order valence-corrected chi connectivity index (χ2v) is 6.34. The van der Waals surface area contributed by atoms with Gasteiger partial charge in [-0.25, -0.2) is 9.97 Å². The predicted molar refractivity (Wildman–Crippen MR) is 97.7 cm³/mol. The Morgan fingerprint density at radius 2 is 1.92 bits per heavy atom. The normalized spacial score (nSPS) is 15.0. The molecule has 0 spiro atoms. The maximum absolute atomic E-state index is 5.39. The largest absolute Gasteiger partial charge is 0.378 e. The van der Waals surface area contributed by atoms with Crippen molar-refractivity contribution in [3.8, 4) is 0 Å². The molecule has 3 aromatic rings. The van der Waals surface area contributed by atoms with Crippen molar-refractivity contribution in [1.82, 2.24) is 19.7 Å². The van der Waals surface area contributed by atoms with Gasteiger partial charge in [-0.15, -0.1) is 0 Å². The lowest BCUT2D eigenvalue weighted by Crippen LogP contribution is -2.36. The van der Waals surface area contributed by atoms with E-state index in [-0.39, 0.29) is 0 Å². The summed E-state index contributed by atoms with van der Waals surface area (Å²) < 4.78 is 7.57. The number of anilines is 1. The van der Waals surface area contributed by atoms with Gasteiger partial charge in [-0.05, 0) is 30.7 Å². The van der Waals surface area contributed by atoms with Crippen molar-refractivity contribution < 1.29 is 4.74 Å². The van der Waals surface area contributed by atoms with Gasteiger partial charge in [0.1, 0.15) is 11.5 Å². The van der Waals surface area contributed by atoms with Crippen LogP contribution in [-0.2, 0) is 17.8 Å². The zero-order valence-electron chi connectivity index (χ0n) is 14.5. The summed E-state index contributed by atoms with van der Waals surface area (Å²) in [5.41, 5.74) is 4.55. The number of fused-ring (bicyclic) bond motifs is 1. The number of aromatic nitrogens is 3. The van der Waals surface area contributed by atoms with Gasteiger partial charge in [-0.3, -0.25) is 0 Å². The van der Waals surface area contributed by atoms with Crippen LogP contribution in [0.2, 0.25) is 0 Å². The third-order valence-corrected chi connectivity index (χ3v) is 4.58. The molecule has 3 aromatic heterocycles. The number of rotatable bonds is 5. The van der Waals surface area contributed by atoms with E-state index in [1.807, 2.05) is 24.5 Å². The number of aryl methyl sites for hydroxylation is 1. The van der Waals surface area contributed by atoms with Gasteiger partial charge in [0.25, 0.3) is 0 Å². The molecular formula is C19H23N5O. The number of nitrogens with one attached hydrogen (secondary N) is 1. The summed E-state index contributed by atoms with van der Waals surface area (Å²) in [5, 5.41) is 3.49. The highest BCUT2D eigenvalue weighted by atomic mass is 16.5. The quantitative estimate of drug-likeness (QED) is 0.773. The molecule has 1 fully saturated rings. The third-order valence-electron chi connectivity index (χ3n) is 4.58. The fourth-order valence-electron chi connectivity index (χ4n) is 3.24. The molecule has 6 heteroatoms. The molecule has 130 valence electrons. The lowest BCUT2D eigenvalue weighted by molar-refractivity contribution is 0.122. The molecule has 6 nitrogen and oxygen atoms in total. The summed E-state index contributed by atoms with van der Waals surface area (Å²) >= 11 is 0. The third kappa shape index (κ3) is 3.50. The van der Waals surface area contributed by atoms with Crippen molar-refractivity contribution >= 4 is 11.5 Å². The van der Waals surface area contributed by atoms with Gasteiger partial charge >= 0.3 is 0 Å². The number of nitrogens with zero attached hydrogens (tertiary/aromatic N) is 4. The first-order valence-electron chi connectivity index (χ1n) is 8.71. The number of pyridine rings is 2. The van der Waals surface area contributed by atoms with Crippen LogP contribution < -0.4 is 10.2 Å². The maximum atomic E-state index is 5.39. The van der Waals surface area contributed by atoms with Crippen molar-refractivity contribution in [2.75, 3.05) is 31.2 Å². The molecule has 1 aliphatic rings. The minimum absolute atomic E-state index is 0.775. The standard InChI is InChI=1S/C19H23N5O/c1-15-3-2-4-19-22-14-17(24(15)19)13-20-11-16-5-6-18(21-12-16)23-7-9-25-10-8-23/h2-6,12,14,20H,7-11,13H2,1H3. The van der Waals surface area contributed by atoms with Gasteiger partial charge in [0.2, 0.25) is 0 Å². The summed E-state index contributed by atoms with van der Waals surface area (Å²) in [4.78, 5) is 11.3. The molecule has 0 atom stereocenters. The van der Waals surface area contributed by atoms with Gasteiger partial charge in [-0.2, -0.15) is 0 Å². The van der Waals surface area contributed by atoms with E-state index in [4.69, 9.17) is 4.74 Å². The van der Waals surface area contributed by atoms with E-state index < -0.39 is 0 Å². The Bertz CT molecular complexity index is 837. The summed E-state index contributed by atoms with van der Waals surface area (Å²) in [5.74, 6) is 1.03. The van der Waals surface area contributed by atoms with E-state index in [0.717, 1.165) is 50.9 Å². The average molecular weight is 337 g/mol. The minimum atomic E-state index is 0.775. The number of ether oxygens (including phenoxy) is 1. The lowest BCUT2D eigenvalue weighted by atomic mass is 10.2. The Labute approximate surface area is 147 Å². The first kappa shape index (κ1) is 16.1. The number of hydrogen-bond acceptors (Lipinski definition) is 5. The second kappa shape index (κ2) is 7.21. The number of imidazole rings is 1. The molecule has 1 saturated heterocycles. The summed E-state index contributed by atoms with van der Waals surface area (Å²) in [7, 11) is 0. The highest BCUT2D eigenvalue weighted by Gasteiger charge is 2.12. The van der Waals surface area contributed by atoms with Gasteiger partial charge in [0, 0.05) is 38.1 Å². The van der Waals surface area contributed by atoms with Gasteiger partial charge in [-0.1, -0.05) is 12.1 Å². The van der Waals surface area contributed by atoms with Crippen LogP contribution in [0.3, 0.4) is 0 Å². The van der Waals surface area contributed by atoms with Crippen LogP contribution in [-0.4, -0.2) is 40.7 Å². The van der Waals surface area contributed by atoms with Crippen molar-refractivity contribution in [3.63, 3.8) is 0 Å². The SMILES string of the molecule is Cc1cccc2ncc(CNCc3ccc(N4CCOCC4)nc3)n12. The molecule has 0 radical (unpaired) electrons. The van der Waals surface area contributed by atoms with Crippen LogP contribution in [0.1, 0.15) is 17.0 Å². The molecule has 4 heterocycles. The Hall–Kier alpha value is -2.44. The molecule has 1 aliphatic heterocycles. The van der Waals surface area contributed by atoms with Gasteiger partial charge in [0.15, 0.2) is 0 Å². The predicted octanol–water partition coefficient (Wildman–Crippen LogP) is 2.16. The number of hydrogen-bond donors (Lipinski definition) is 1. The monoisotopic (exact) mass is 337 g/mol. The molecule has 4 rings (SSSR count). The first-order valence-corrected chi connectivity index (χ1v) is 8.71. The fourth-order valence-corrected chi connectivity index (χ4v) is 3.24. The van der Waals surface area contributed by atoms with Crippen LogP contribution in [0.4, 0.5) is 5.82 Å². The van der Waals surface area contributed by atoms with Crippen LogP contribution in [0.25, 0.3) is 5.65 Å². The summed E-state index contributed by atoms with van der Waals surface area (Å²) in [6, 6.07) is 10.4. The van der Waals surface area contributed by atoms with E-state index in [2.05, 4.69) is 49.7 Å². The van der Waals surface area contributed by atoms with E-state index in [1.54, 1.807) is 0 Å². The molecule has 0 bridgehead atoms. The van der Waals surface area contributed by atoms with E-state index in [1.165, 1.54) is 17.0 Å². The molecule has 0 saturated carbocycles. The van der Waals surface area contributed by atoms with E-state index in [0.29, 0.717) is 0 Å². The van der Waals surface area contributed by atoms with Crippen LogP contribution in [0.5, 0.6) is 0 Å². The average Bonchev–Trinajstić information content (AvgIpc) is 3.08. The Morgan fingerprint density at radius 1 is 1.04 bits per heavy atom. The van der Waals surface area contributed by atoms with E-state index >= 15 is 0 Å². The molecule has 0 unspecified atom stereocenters. The Kier molecular flexibility index (Phi) is 4.63. The van der Waals surface area contributed by atoms with Crippen molar-refractivity contribution in [2.45, 2.75) is 20.0 Å². The maximum Gasteiger partial charge on any atom is 0.137 e. The van der Waals surface area contributed by atoms with Crippen molar-refractivity contribution in [3.05, 3.63) is 59.7 Å². The molecule has 25 heavy (non-hydrogen) atoms. The highest BCUT2D eigenvalue weighted by Crippen LogP contribution is 2.13. The van der Waals surface area contributed by atoms with Crippen LogP contribution in [0.15, 0.2) is 42.7 Å². The first-order chi connectivity index (χ1) is 12.3. The topological polar surface area (TPSA) is 54.7 Å². The Morgan fingerprint density at radius 3 is 2.72 bits per heavy atom. The number of morpholine rings is 1. The molecular weight excluding hydrogens is 314 g/mol. The highest BCUT2D eigenvalue weighted by molar-refractivity contribution is 5.42. The lowest BCUT2D eigenvalue weighted by Gasteiger charge is -2.27. The van der Waals surface area contributed by atoms with Gasteiger partial charge in [0.05, 0.1) is 25.1 Å². The second-order valence-electron chi connectivity index (χ2n) is 6.34. The van der Waals surface area contributed by atoms with Crippen molar-refractivity contribution in [2.24, 2.45) is 0 Å². The van der Waals surface area contributed by atoms with Crippen LogP contribution in [0, 0.1) is 6.92 Å². The smallest absolute Gasteiger partial charge is 0.137 e. The van der Waals surface area contributed by atoms with E-state index in [9.17, 15) is 0 Å². The summed E-state index contributed by atoms with van der Waals surface area (Å²) in [6.45, 7) is 7.06. The molecule has 0 aromatic carbocycles. The zero-order chi connectivity index (χ0) is 17.1. The van der Waals surface area contributed by atoms with Crippen molar-refractivity contribution in [1.29, 1.82) is 0 Å². The van der Waals surface area contributed by atoms with Crippen LogP contribution >= 0.6 is 0 Å². The van der Waals surface area contributed by atoms with Gasteiger partial charge < -0.3 is 19.4 Å². The fraction of sp³-hybridized carbons (Fsp3) is 0.368. The molecule has 0 aliphatic carbocycles.